The molecule has 0 atom stereocenters. The highest BCUT2D eigenvalue weighted by Gasteiger charge is 2.13. The molecule has 0 bridgehead atoms. The summed E-state index contributed by atoms with van der Waals surface area (Å²) in [5.41, 5.74) is 0. The highest BCUT2D eigenvalue weighted by atomic mass is 16.5. The third kappa shape index (κ3) is 7.54. The van der Waals surface area contributed by atoms with E-state index in [1.54, 1.807) is 6.92 Å². The maximum absolute atomic E-state index is 11.5. The van der Waals surface area contributed by atoms with Crippen LogP contribution in [-0.2, 0) is 4.74 Å². The molecule has 1 fully saturated rings. The molecule has 110 valence electrons. The molecule has 0 aromatic heterocycles. The second-order valence-electron chi connectivity index (χ2n) is 4.79. The second-order valence-corrected chi connectivity index (χ2v) is 4.79. The quantitative estimate of drug-likeness (QED) is 0.642. The zero-order valence-corrected chi connectivity index (χ0v) is 11.7. The van der Waals surface area contributed by atoms with Gasteiger partial charge in [-0.25, -0.2) is 9.59 Å². The van der Waals surface area contributed by atoms with E-state index in [1.165, 1.54) is 32.1 Å². The van der Waals surface area contributed by atoms with Gasteiger partial charge in [0.2, 0.25) is 0 Å². The maximum Gasteiger partial charge on any atom is 0.407 e. The van der Waals surface area contributed by atoms with Crippen molar-refractivity contribution in [3.8, 4) is 0 Å². The zero-order chi connectivity index (χ0) is 13.9. The van der Waals surface area contributed by atoms with E-state index in [-0.39, 0.29) is 6.03 Å². The van der Waals surface area contributed by atoms with Gasteiger partial charge in [-0.2, -0.15) is 0 Å². The van der Waals surface area contributed by atoms with Gasteiger partial charge in [-0.1, -0.05) is 19.3 Å². The highest BCUT2D eigenvalue weighted by molar-refractivity contribution is 5.73. The Morgan fingerprint density at radius 1 is 1.05 bits per heavy atom. The van der Waals surface area contributed by atoms with Gasteiger partial charge in [0.1, 0.15) is 0 Å². The van der Waals surface area contributed by atoms with E-state index in [0.717, 1.165) is 6.54 Å². The number of nitrogens with one attached hydrogen (secondary N) is 3. The van der Waals surface area contributed by atoms with E-state index in [1.807, 2.05) is 0 Å². The zero-order valence-electron chi connectivity index (χ0n) is 11.7. The van der Waals surface area contributed by atoms with Crippen LogP contribution in [0.3, 0.4) is 0 Å². The van der Waals surface area contributed by atoms with Crippen molar-refractivity contribution in [1.82, 2.24) is 16.0 Å². The van der Waals surface area contributed by atoms with Crippen LogP contribution in [0.1, 0.15) is 39.0 Å². The molecular weight excluding hydrogens is 246 g/mol. The summed E-state index contributed by atoms with van der Waals surface area (Å²) in [6.07, 6.45) is 5.85. The standard InChI is InChI=1S/C13H25N3O3/c1-2-19-13(18)15-9-8-14-12(17)16-10-11-6-4-3-5-7-11/h11H,2-10H2,1H3,(H,15,18)(H2,14,16,17). The molecule has 0 unspecified atom stereocenters. The Bertz CT molecular complexity index is 278. The lowest BCUT2D eigenvalue weighted by atomic mass is 9.89. The van der Waals surface area contributed by atoms with E-state index in [0.29, 0.717) is 25.6 Å². The number of alkyl carbamates (subject to hydrolysis) is 1. The second kappa shape index (κ2) is 9.47. The Kier molecular flexibility index (Phi) is 7.77. The van der Waals surface area contributed by atoms with Gasteiger partial charge in [0.25, 0.3) is 0 Å². The minimum absolute atomic E-state index is 0.170. The van der Waals surface area contributed by atoms with Gasteiger partial charge in [0.15, 0.2) is 0 Å². The molecule has 1 aliphatic carbocycles. The molecule has 3 N–H and O–H groups in total. The van der Waals surface area contributed by atoms with Crippen molar-refractivity contribution in [3.63, 3.8) is 0 Å². The van der Waals surface area contributed by atoms with Crippen molar-refractivity contribution < 1.29 is 14.3 Å². The van der Waals surface area contributed by atoms with Gasteiger partial charge in [-0.15, -0.1) is 0 Å². The fourth-order valence-electron chi connectivity index (χ4n) is 2.21. The van der Waals surface area contributed by atoms with Crippen LogP contribution < -0.4 is 16.0 Å². The predicted molar refractivity (Wildman–Crippen MR) is 73.0 cm³/mol. The van der Waals surface area contributed by atoms with E-state index >= 15 is 0 Å². The summed E-state index contributed by atoms with van der Waals surface area (Å²) in [4.78, 5) is 22.4. The first-order valence-corrected chi connectivity index (χ1v) is 7.14. The third-order valence-corrected chi connectivity index (χ3v) is 3.23. The number of urea groups is 1. The van der Waals surface area contributed by atoms with Crippen LogP contribution in [0.15, 0.2) is 0 Å². The lowest BCUT2D eigenvalue weighted by Gasteiger charge is -2.21. The van der Waals surface area contributed by atoms with Crippen LogP contribution >= 0.6 is 0 Å². The molecule has 3 amide bonds. The number of amides is 3. The SMILES string of the molecule is CCOC(=O)NCCNC(=O)NCC1CCCCC1. The molecule has 6 heteroatoms. The summed E-state index contributed by atoms with van der Waals surface area (Å²) in [6.45, 7) is 3.61. The number of ether oxygens (including phenoxy) is 1. The normalized spacial score (nSPS) is 15.6. The molecule has 19 heavy (non-hydrogen) atoms. The monoisotopic (exact) mass is 271 g/mol. The van der Waals surface area contributed by atoms with Crippen molar-refractivity contribution in [2.45, 2.75) is 39.0 Å². The van der Waals surface area contributed by atoms with E-state index < -0.39 is 6.09 Å². The van der Waals surface area contributed by atoms with E-state index in [4.69, 9.17) is 4.74 Å². The van der Waals surface area contributed by atoms with Gasteiger partial charge in [0.05, 0.1) is 6.61 Å². The average Bonchev–Trinajstić information content (AvgIpc) is 2.43. The van der Waals surface area contributed by atoms with Crippen molar-refractivity contribution in [2.75, 3.05) is 26.2 Å². The van der Waals surface area contributed by atoms with Crippen LogP contribution in [0, 0.1) is 5.92 Å². The smallest absolute Gasteiger partial charge is 0.407 e. The molecule has 1 saturated carbocycles. The van der Waals surface area contributed by atoms with Crippen LogP contribution in [0.2, 0.25) is 0 Å². The summed E-state index contributed by atoms with van der Waals surface area (Å²) in [5.74, 6) is 0.622. The minimum atomic E-state index is -0.452. The molecule has 0 aromatic carbocycles. The fraction of sp³-hybridized carbons (Fsp3) is 0.846. The van der Waals surface area contributed by atoms with E-state index in [2.05, 4.69) is 16.0 Å². The summed E-state index contributed by atoms with van der Waals surface area (Å²) < 4.78 is 4.70. The molecule has 1 aliphatic rings. The lowest BCUT2D eigenvalue weighted by Crippen LogP contribution is -2.42. The molecule has 0 saturated heterocycles. The van der Waals surface area contributed by atoms with Gasteiger partial charge in [-0.05, 0) is 25.7 Å². The summed E-state index contributed by atoms with van der Waals surface area (Å²) in [6, 6.07) is -0.170. The summed E-state index contributed by atoms with van der Waals surface area (Å²) >= 11 is 0. The number of hydrogen-bond acceptors (Lipinski definition) is 3. The first kappa shape index (κ1) is 15.6. The average molecular weight is 271 g/mol. The molecular formula is C13H25N3O3. The van der Waals surface area contributed by atoms with Gasteiger partial charge < -0.3 is 20.7 Å². The van der Waals surface area contributed by atoms with Crippen molar-refractivity contribution in [2.24, 2.45) is 5.92 Å². The minimum Gasteiger partial charge on any atom is -0.450 e. The Morgan fingerprint density at radius 3 is 2.42 bits per heavy atom. The molecule has 0 aromatic rings. The number of rotatable bonds is 6. The maximum atomic E-state index is 11.5. The predicted octanol–water partition coefficient (Wildman–Crippen LogP) is 1.61. The molecule has 0 heterocycles. The van der Waals surface area contributed by atoms with Crippen LogP contribution in [-0.4, -0.2) is 38.4 Å². The fourth-order valence-corrected chi connectivity index (χ4v) is 2.21. The molecule has 6 nitrogen and oxygen atoms in total. The van der Waals surface area contributed by atoms with Crippen LogP contribution in [0.5, 0.6) is 0 Å². The molecule has 0 aliphatic heterocycles. The van der Waals surface area contributed by atoms with Crippen LogP contribution in [0.25, 0.3) is 0 Å². The van der Waals surface area contributed by atoms with Crippen LogP contribution in [0.4, 0.5) is 9.59 Å². The lowest BCUT2D eigenvalue weighted by molar-refractivity contribution is 0.152. The Hall–Kier alpha value is -1.46. The first-order valence-electron chi connectivity index (χ1n) is 7.14. The highest BCUT2D eigenvalue weighted by Crippen LogP contribution is 2.22. The van der Waals surface area contributed by atoms with Crippen molar-refractivity contribution in [1.29, 1.82) is 0 Å². The number of hydrogen-bond donors (Lipinski definition) is 3. The Morgan fingerprint density at radius 2 is 1.74 bits per heavy atom. The third-order valence-electron chi connectivity index (χ3n) is 3.23. The number of carbonyl (C=O) groups is 2. The molecule has 1 rings (SSSR count). The Balaban J connectivity index is 1.97. The van der Waals surface area contributed by atoms with Crippen molar-refractivity contribution in [3.05, 3.63) is 0 Å². The van der Waals surface area contributed by atoms with Gasteiger partial charge in [-0.3, -0.25) is 0 Å². The largest absolute Gasteiger partial charge is 0.450 e. The molecule has 0 radical (unpaired) electrons. The van der Waals surface area contributed by atoms with Gasteiger partial charge >= 0.3 is 12.1 Å². The Labute approximate surface area is 114 Å². The summed E-state index contributed by atoms with van der Waals surface area (Å²) in [5, 5.41) is 8.11. The first-order chi connectivity index (χ1) is 9.22. The van der Waals surface area contributed by atoms with Crippen molar-refractivity contribution >= 4 is 12.1 Å². The summed E-state index contributed by atoms with van der Waals surface area (Å²) in [7, 11) is 0. The van der Waals surface area contributed by atoms with E-state index in [9.17, 15) is 9.59 Å². The van der Waals surface area contributed by atoms with Gasteiger partial charge in [0, 0.05) is 19.6 Å². The topological polar surface area (TPSA) is 79.5 Å². The molecule has 0 spiro atoms. The number of carbonyl (C=O) groups excluding carboxylic acids is 2.